The lowest BCUT2D eigenvalue weighted by atomic mass is 10.0. The van der Waals surface area contributed by atoms with Crippen LogP contribution in [0.1, 0.15) is 29.3 Å². The highest BCUT2D eigenvalue weighted by Gasteiger charge is 2.13. The summed E-state index contributed by atoms with van der Waals surface area (Å²) in [5.41, 5.74) is 1.01. The fraction of sp³-hybridized carbons (Fsp3) is 0.188. The summed E-state index contributed by atoms with van der Waals surface area (Å²) in [6.07, 6.45) is 0.925. The van der Waals surface area contributed by atoms with Crippen molar-refractivity contribution in [3.05, 3.63) is 62.0 Å². The van der Waals surface area contributed by atoms with Crippen molar-refractivity contribution in [1.29, 1.82) is 0 Å². The Kier molecular flexibility index (Phi) is 5.68. The lowest BCUT2D eigenvalue weighted by Gasteiger charge is -2.09. The maximum absolute atomic E-state index is 12.4. The van der Waals surface area contributed by atoms with Gasteiger partial charge in [0, 0.05) is 21.2 Å². The highest BCUT2D eigenvalue weighted by Crippen LogP contribution is 2.28. The second kappa shape index (κ2) is 7.30. The summed E-state index contributed by atoms with van der Waals surface area (Å²) in [6, 6.07) is 10.0. The Morgan fingerprint density at radius 3 is 2.33 bits per heavy atom. The summed E-state index contributed by atoms with van der Waals surface area (Å²) in [5.74, 6) is 0.583. The number of ether oxygens (including phenoxy) is 1. The van der Waals surface area contributed by atoms with Crippen molar-refractivity contribution in [3.8, 4) is 5.75 Å². The van der Waals surface area contributed by atoms with E-state index < -0.39 is 0 Å². The predicted molar refractivity (Wildman–Crippen MR) is 89.8 cm³/mol. The zero-order valence-corrected chi connectivity index (χ0v) is 14.4. The Hall–Kier alpha value is -1.03. The first-order valence-corrected chi connectivity index (χ1v) is 7.99. The summed E-state index contributed by atoms with van der Waals surface area (Å²) in [4.78, 5) is 12.4. The van der Waals surface area contributed by atoms with E-state index in [0.717, 1.165) is 16.6 Å². The molecule has 0 unspecified atom stereocenters. The lowest BCUT2D eigenvalue weighted by molar-refractivity contribution is 0.103. The first-order chi connectivity index (χ1) is 10.0. The van der Waals surface area contributed by atoms with Gasteiger partial charge < -0.3 is 4.74 Å². The van der Waals surface area contributed by atoms with E-state index >= 15 is 0 Å². The number of carbonyl (C=O) groups is 1. The Balaban J connectivity index is 2.29. The van der Waals surface area contributed by atoms with Crippen LogP contribution in [0.3, 0.4) is 0 Å². The van der Waals surface area contributed by atoms with Crippen LogP contribution in [0.4, 0.5) is 0 Å². The molecule has 0 atom stereocenters. The fourth-order valence-corrected chi connectivity index (χ4v) is 2.84. The molecule has 2 aromatic rings. The van der Waals surface area contributed by atoms with Crippen molar-refractivity contribution >= 4 is 44.9 Å². The van der Waals surface area contributed by atoms with E-state index in [1.807, 2.05) is 6.92 Å². The van der Waals surface area contributed by atoms with Gasteiger partial charge in [-0.15, -0.1) is 0 Å². The molecule has 0 saturated carbocycles. The molecule has 0 aliphatic rings. The lowest BCUT2D eigenvalue weighted by Crippen LogP contribution is -2.02. The molecule has 0 aliphatic carbocycles. The maximum Gasteiger partial charge on any atom is 0.193 e. The summed E-state index contributed by atoms with van der Waals surface area (Å²) in [6.45, 7) is 2.67. The molecule has 21 heavy (non-hydrogen) atoms. The van der Waals surface area contributed by atoms with Gasteiger partial charge in [-0.3, -0.25) is 4.79 Å². The van der Waals surface area contributed by atoms with Crippen LogP contribution < -0.4 is 4.74 Å². The van der Waals surface area contributed by atoms with Crippen LogP contribution in [0.25, 0.3) is 0 Å². The predicted octanol–water partition coefficient (Wildman–Crippen LogP) is 5.78. The van der Waals surface area contributed by atoms with Gasteiger partial charge in [0.1, 0.15) is 5.75 Å². The minimum Gasteiger partial charge on any atom is -0.492 e. The number of halogens is 3. The van der Waals surface area contributed by atoms with Gasteiger partial charge in [-0.2, -0.15) is 0 Å². The molecule has 0 spiro atoms. The summed E-state index contributed by atoms with van der Waals surface area (Å²) in [5, 5.41) is 0.876. The highest BCUT2D eigenvalue weighted by atomic mass is 79.9. The molecule has 0 aromatic heterocycles. The first-order valence-electron chi connectivity index (χ1n) is 6.44. The molecule has 0 heterocycles. The van der Waals surface area contributed by atoms with Crippen molar-refractivity contribution in [3.63, 3.8) is 0 Å². The van der Waals surface area contributed by atoms with Crippen LogP contribution in [-0.2, 0) is 0 Å². The molecule has 2 rings (SSSR count). The molecule has 110 valence electrons. The topological polar surface area (TPSA) is 26.3 Å². The van der Waals surface area contributed by atoms with Crippen molar-refractivity contribution in [1.82, 2.24) is 0 Å². The second-order valence-corrected chi connectivity index (χ2v) is 6.21. The number of hydrogen-bond donors (Lipinski definition) is 0. The Bertz CT molecular complexity index is 651. The molecule has 0 saturated heterocycles. The monoisotopic (exact) mass is 386 g/mol. The van der Waals surface area contributed by atoms with Gasteiger partial charge in [0.2, 0.25) is 0 Å². The zero-order valence-electron chi connectivity index (χ0n) is 11.3. The molecule has 5 heteroatoms. The summed E-state index contributed by atoms with van der Waals surface area (Å²) in [7, 11) is 0. The minimum absolute atomic E-state index is 0.137. The third-order valence-electron chi connectivity index (χ3n) is 2.78. The van der Waals surface area contributed by atoms with Gasteiger partial charge in [-0.05, 0) is 58.7 Å². The molecular weight excluding hydrogens is 375 g/mol. The number of ketones is 1. The molecule has 0 amide bonds. The van der Waals surface area contributed by atoms with Crippen LogP contribution in [0.15, 0.2) is 40.9 Å². The highest BCUT2D eigenvalue weighted by molar-refractivity contribution is 9.10. The molecular formula is C16H13BrCl2O2. The van der Waals surface area contributed by atoms with E-state index in [-0.39, 0.29) is 5.78 Å². The SMILES string of the molecule is CCCOc1ccc(C(=O)c2cc(Cl)cc(Cl)c2)cc1Br. The van der Waals surface area contributed by atoms with Gasteiger partial charge in [-0.25, -0.2) is 0 Å². The van der Waals surface area contributed by atoms with Crippen molar-refractivity contribution in [2.75, 3.05) is 6.61 Å². The largest absolute Gasteiger partial charge is 0.492 e. The smallest absolute Gasteiger partial charge is 0.193 e. The van der Waals surface area contributed by atoms with Gasteiger partial charge in [0.25, 0.3) is 0 Å². The van der Waals surface area contributed by atoms with E-state index in [9.17, 15) is 4.79 Å². The molecule has 0 radical (unpaired) electrons. The van der Waals surface area contributed by atoms with Crippen LogP contribution in [0.2, 0.25) is 10.0 Å². The quantitative estimate of drug-likeness (QED) is 0.608. The van der Waals surface area contributed by atoms with Crippen LogP contribution in [0.5, 0.6) is 5.75 Å². The zero-order chi connectivity index (χ0) is 15.4. The van der Waals surface area contributed by atoms with Gasteiger partial charge in [0.05, 0.1) is 11.1 Å². The molecule has 0 aliphatic heterocycles. The Morgan fingerprint density at radius 2 is 1.76 bits per heavy atom. The van der Waals surface area contributed by atoms with E-state index in [2.05, 4.69) is 15.9 Å². The van der Waals surface area contributed by atoms with Gasteiger partial charge in [-0.1, -0.05) is 30.1 Å². The van der Waals surface area contributed by atoms with Crippen molar-refractivity contribution in [2.24, 2.45) is 0 Å². The Morgan fingerprint density at radius 1 is 1.10 bits per heavy atom. The Labute approximate surface area is 142 Å². The van der Waals surface area contributed by atoms with E-state index in [1.165, 1.54) is 0 Å². The van der Waals surface area contributed by atoms with E-state index in [1.54, 1.807) is 36.4 Å². The maximum atomic E-state index is 12.4. The van der Waals surface area contributed by atoms with Crippen LogP contribution >= 0.6 is 39.1 Å². The number of benzene rings is 2. The standard InChI is InChI=1S/C16H13BrCl2O2/c1-2-5-21-15-4-3-10(8-14(15)17)16(20)11-6-12(18)9-13(19)7-11/h3-4,6-9H,2,5H2,1H3. The van der Waals surface area contributed by atoms with Gasteiger partial charge in [0.15, 0.2) is 5.78 Å². The number of carbonyl (C=O) groups excluding carboxylic acids is 1. The first kappa shape index (κ1) is 16.3. The molecule has 0 N–H and O–H groups in total. The number of rotatable bonds is 5. The molecule has 0 fully saturated rings. The van der Waals surface area contributed by atoms with Crippen LogP contribution in [0, 0.1) is 0 Å². The molecule has 0 bridgehead atoms. The van der Waals surface area contributed by atoms with Crippen LogP contribution in [-0.4, -0.2) is 12.4 Å². The van der Waals surface area contributed by atoms with E-state index in [0.29, 0.717) is 27.8 Å². The fourth-order valence-electron chi connectivity index (χ4n) is 1.82. The third-order valence-corrected chi connectivity index (χ3v) is 3.84. The molecule has 2 aromatic carbocycles. The minimum atomic E-state index is -0.137. The second-order valence-electron chi connectivity index (χ2n) is 4.48. The molecule has 2 nitrogen and oxygen atoms in total. The van der Waals surface area contributed by atoms with Crippen molar-refractivity contribution < 1.29 is 9.53 Å². The van der Waals surface area contributed by atoms with Crippen molar-refractivity contribution in [2.45, 2.75) is 13.3 Å². The average Bonchev–Trinajstić information content (AvgIpc) is 2.44. The third kappa shape index (κ3) is 4.22. The summed E-state index contributed by atoms with van der Waals surface area (Å²) >= 11 is 15.3. The average molecular weight is 388 g/mol. The normalized spacial score (nSPS) is 10.5. The van der Waals surface area contributed by atoms with E-state index in [4.69, 9.17) is 27.9 Å². The van der Waals surface area contributed by atoms with Gasteiger partial charge >= 0.3 is 0 Å². The number of hydrogen-bond acceptors (Lipinski definition) is 2. The summed E-state index contributed by atoms with van der Waals surface area (Å²) < 4.78 is 6.31.